The molecule has 2 rings (SSSR count). The van der Waals surface area contributed by atoms with Gasteiger partial charge in [0.1, 0.15) is 12.3 Å². The topological polar surface area (TPSA) is 71.0 Å². The lowest BCUT2D eigenvalue weighted by Crippen LogP contribution is -1.72. The summed E-state index contributed by atoms with van der Waals surface area (Å²) < 4.78 is 5.08. The summed E-state index contributed by atoms with van der Waals surface area (Å²) >= 11 is 1.30. The van der Waals surface area contributed by atoms with Crippen molar-refractivity contribution in [3.8, 4) is 5.88 Å². The molecule has 2 aromatic rings. The normalized spacial score (nSPS) is 11.3. The predicted octanol–water partition coefficient (Wildman–Crippen LogP) is 3.03. The van der Waals surface area contributed by atoms with E-state index < -0.39 is 0 Å². The van der Waals surface area contributed by atoms with Crippen molar-refractivity contribution in [3.05, 3.63) is 29.0 Å². The van der Waals surface area contributed by atoms with Crippen LogP contribution in [-0.4, -0.2) is 10.1 Å². The van der Waals surface area contributed by atoms with E-state index in [0.717, 1.165) is 10.6 Å². The second kappa shape index (κ2) is 4.22. The lowest BCUT2D eigenvalue weighted by Gasteiger charge is -1.85. The van der Waals surface area contributed by atoms with Crippen molar-refractivity contribution in [3.63, 3.8) is 0 Å². The summed E-state index contributed by atoms with van der Waals surface area (Å²) in [5, 5.41) is 17.4. The molecule has 0 radical (unpaired) electrons. The van der Waals surface area contributed by atoms with Gasteiger partial charge < -0.3 is 9.52 Å². The van der Waals surface area contributed by atoms with Crippen LogP contribution in [0.2, 0.25) is 0 Å². The lowest BCUT2D eigenvalue weighted by atomic mass is 10.5. The smallest absolute Gasteiger partial charge is 0.233 e. The summed E-state index contributed by atoms with van der Waals surface area (Å²) in [6.07, 6.45) is 1.59. The van der Waals surface area contributed by atoms with Gasteiger partial charge in [-0.3, -0.25) is 0 Å². The summed E-state index contributed by atoms with van der Waals surface area (Å²) in [6, 6.07) is 3.62. The average molecular weight is 223 g/mol. The number of aryl methyl sites for hydroxylation is 1. The summed E-state index contributed by atoms with van der Waals surface area (Å²) in [6.45, 7) is 2.16. The van der Waals surface area contributed by atoms with E-state index in [1.165, 1.54) is 11.3 Å². The zero-order valence-electron chi connectivity index (χ0n) is 8.04. The zero-order chi connectivity index (χ0) is 10.7. The Balaban J connectivity index is 2.00. The van der Waals surface area contributed by atoms with Gasteiger partial charge in [0.2, 0.25) is 11.0 Å². The Morgan fingerprint density at radius 3 is 3.07 bits per heavy atom. The molecule has 5 nitrogen and oxygen atoms in total. The highest BCUT2D eigenvalue weighted by Gasteiger charge is 2.04. The van der Waals surface area contributed by atoms with E-state index >= 15 is 0 Å². The van der Waals surface area contributed by atoms with E-state index in [1.54, 1.807) is 19.3 Å². The second-order valence-corrected chi connectivity index (χ2v) is 4.04. The standard InChI is InChI=1S/C9H9N3O2S/c1-6-8(13)11-9(15-6)12-10-5-7-3-2-4-14-7/h2-4,13H,5H2,1H3. The molecule has 2 heterocycles. The van der Waals surface area contributed by atoms with E-state index in [4.69, 9.17) is 4.42 Å². The molecule has 0 aliphatic carbocycles. The van der Waals surface area contributed by atoms with E-state index in [9.17, 15) is 5.11 Å². The molecular formula is C9H9N3O2S. The number of aromatic hydroxyl groups is 1. The van der Waals surface area contributed by atoms with Crippen LogP contribution in [0, 0.1) is 6.92 Å². The number of hydrogen-bond donors (Lipinski definition) is 1. The molecule has 2 aromatic heterocycles. The third kappa shape index (κ3) is 2.41. The van der Waals surface area contributed by atoms with Gasteiger partial charge in [-0.1, -0.05) is 11.3 Å². The molecule has 0 bridgehead atoms. The summed E-state index contributed by atoms with van der Waals surface area (Å²) in [4.78, 5) is 4.55. The van der Waals surface area contributed by atoms with Crippen LogP contribution in [0.5, 0.6) is 5.88 Å². The number of azo groups is 1. The molecule has 78 valence electrons. The fraction of sp³-hybridized carbons (Fsp3) is 0.222. The third-order valence-corrected chi connectivity index (χ3v) is 2.57. The summed E-state index contributed by atoms with van der Waals surface area (Å²) in [7, 11) is 0. The second-order valence-electron chi connectivity index (χ2n) is 2.86. The number of thiazole rings is 1. The Labute approximate surface area is 90.1 Å². The lowest BCUT2D eigenvalue weighted by molar-refractivity contribution is 0.454. The van der Waals surface area contributed by atoms with Crippen molar-refractivity contribution in [2.24, 2.45) is 10.2 Å². The Morgan fingerprint density at radius 2 is 2.47 bits per heavy atom. The van der Waals surface area contributed by atoms with Gasteiger partial charge in [-0.15, -0.1) is 5.11 Å². The summed E-state index contributed by atoms with van der Waals surface area (Å²) in [5.41, 5.74) is 0. The van der Waals surface area contributed by atoms with Crippen molar-refractivity contribution in [2.75, 3.05) is 0 Å². The first-order chi connectivity index (χ1) is 7.25. The van der Waals surface area contributed by atoms with Gasteiger partial charge in [0, 0.05) is 0 Å². The van der Waals surface area contributed by atoms with Crippen LogP contribution >= 0.6 is 11.3 Å². The first kappa shape index (κ1) is 9.85. The van der Waals surface area contributed by atoms with Crippen molar-refractivity contribution < 1.29 is 9.52 Å². The molecule has 0 saturated heterocycles. The van der Waals surface area contributed by atoms with E-state index in [2.05, 4.69) is 15.2 Å². The van der Waals surface area contributed by atoms with Crippen LogP contribution < -0.4 is 0 Å². The minimum Gasteiger partial charge on any atom is -0.492 e. The van der Waals surface area contributed by atoms with E-state index in [1.807, 2.05) is 6.07 Å². The SMILES string of the molecule is Cc1sc(N=NCc2ccco2)nc1O. The molecule has 1 N–H and O–H groups in total. The molecule has 0 spiro atoms. The zero-order valence-corrected chi connectivity index (χ0v) is 8.86. The number of rotatable bonds is 3. The van der Waals surface area contributed by atoms with Crippen LogP contribution in [0.15, 0.2) is 33.0 Å². The Kier molecular flexibility index (Phi) is 2.77. The van der Waals surface area contributed by atoms with Gasteiger partial charge in [-0.25, -0.2) is 0 Å². The number of hydrogen-bond acceptors (Lipinski definition) is 6. The molecule has 0 amide bonds. The van der Waals surface area contributed by atoms with Gasteiger partial charge in [-0.05, 0) is 19.1 Å². The minimum atomic E-state index is 0.0203. The van der Waals surface area contributed by atoms with Crippen LogP contribution in [0.4, 0.5) is 5.13 Å². The van der Waals surface area contributed by atoms with Crippen LogP contribution in [0.1, 0.15) is 10.6 Å². The molecule has 0 aliphatic heterocycles. The quantitative estimate of drug-likeness (QED) is 0.813. The molecule has 0 saturated carbocycles. The molecule has 6 heteroatoms. The molecule has 0 aliphatic rings. The van der Waals surface area contributed by atoms with Crippen molar-refractivity contribution >= 4 is 16.5 Å². The number of nitrogens with zero attached hydrogens (tertiary/aromatic N) is 3. The Hall–Kier alpha value is -1.69. The molecular weight excluding hydrogens is 214 g/mol. The van der Waals surface area contributed by atoms with Gasteiger partial charge in [0.15, 0.2) is 0 Å². The van der Waals surface area contributed by atoms with Gasteiger partial charge >= 0.3 is 0 Å². The highest BCUT2D eigenvalue weighted by molar-refractivity contribution is 7.15. The maximum atomic E-state index is 9.20. The van der Waals surface area contributed by atoms with Gasteiger partial charge in [0.25, 0.3) is 0 Å². The highest BCUT2D eigenvalue weighted by atomic mass is 32.1. The van der Waals surface area contributed by atoms with Gasteiger partial charge in [-0.2, -0.15) is 10.1 Å². The van der Waals surface area contributed by atoms with Crippen molar-refractivity contribution in [2.45, 2.75) is 13.5 Å². The van der Waals surface area contributed by atoms with Crippen LogP contribution in [-0.2, 0) is 6.54 Å². The average Bonchev–Trinajstić information content (AvgIpc) is 2.79. The number of furan rings is 1. The van der Waals surface area contributed by atoms with Crippen LogP contribution in [0.25, 0.3) is 0 Å². The molecule has 0 fully saturated rings. The van der Waals surface area contributed by atoms with E-state index in [-0.39, 0.29) is 5.88 Å². The van der Waals surface area contributed by atoms with Crippen molar-refractivity contribution in [1.29, 1.82) is 0 Å². The first-order valence-corrected chi connectivity index (χ1v) is 5.13. The van der Waals surface area contributed by atoms with E-state index in [0.29, 0.717) is 11.7 Å². The minimum absolute atomic E-state index is 0.0203. The Bertz CT molecular complexity index is 442. The predicted molar refractivity (Wildman–Crippen MR) is 55.4 cm³/mol. The molecule has 0 atom stereocenters. The number of aromatic nitrogens is 1. The monoisotopic (exact) mass is 223 g/mol. The molecule has 15 heavy (non-hydrogen) atoms. The molecule has 0 aromatic carbocycles. The maximum Gasteiger partial charge on any atom is 0.233 e. The first-order valence-electron chi connectivity index (χ1n) is 4.32. The third-order valence-electron chi connectivity index (χ3n) is 1.72. The Morgan fingerprint density at radius 1 is 1.60 bits per heavy atom. The summed E-state index contributed by atoms with van der Waals surface area (Å²) in [5.74, 6) is 0.767. The highest BCUT2D eigenvalue weighted by Crippen LogP contribution is 2.28. The molecule has 0 unspecified atom stereocenters. The largest absolute Gasteiger partial charge is 0.492 e. The fourth-order valence-electron chi connectivity index (χ4n) is 0.986. The van der Waals surface area contributed by atoms with Crippen molar-refractivity contribution in [1.82, 2.24) is 4.98 Å². The van der Waals surface area contributed by atoms with Gasteiger partial charge in [0.05, 0.1) is 11.1 Å². The van der Waals surface area contributed by atoms with Crippen LogP contribution in [0.3, 0.4) is 0 Å². The fourth-order valence-corrected chi connectivity index (χ4v) is 1.63. The maximum absolute atomic E-state index is 9.20.